The third kappa shape index (κ3) is 8.72. The molecule has 2 unspecified atom stereocenters. The number of likely N-dealkylation sites (tertiary alicyclic amines) is 1. The molecule has 3 aromatic carbocycles. The molecule has 0 aromatic heterocycles. The van der Waals surface area contributed by atoms with E-state index in [4.69, 9.17) is 9.47 Å². The summed E-state index contributed by atoms with van der Waals surface area (Å²) in [6, 6.07) is 27.3. The molecule has 46 heavy (non-hydrogen) atoms. The molecule has 1 heterocycles. The van der Waals surface area contributed by atoms with Crippen LogP contribution in [-0.4, -0.2) is 55.9 Å². The molecule has 1 aliphatic rings. The Kier molecular flexibility index (Phi) is 11.5. The van der Waals surface area contributed by atoms with Crippen LogP contribution in [-0.2, 0) is 4.79 Å². The maximum absolute atomic E-state index is 13.9. The number of β-lactam (4-membered cyclic amide) rings is 1. The molecule has 0 spiro atoms. The monoisotopic (exact) mass is 640 g/mol. The number of benzene rings is 3. The number of ether oxygens (including phenoxy) is 2. The second-order valence-electron chi connectivity index (χ2n) is 12.6. The number of aliphatic imine (C=N–C) groups is 1. The fourth-order valence-corrected chi connectivity index (χ4v) is 8.16. The van der Waals surface area contributed by atoms with Crippen molar-refractivity contribution in [1.29, 1.82) is 0 Å². The number of hydrogen-bond acceptors (Lipinski definition) is 5. The lowest BCUT2D eigenvalue weighted by atomic mass is 9.77. The molecule has 2 N–H and O–H groups in total. The average molecular weight is 641 g/mol. The van der Waals surface area contributed by atoms with Crippen LogP contribution in [0.3, 0.4) is 0 Å². The van der Waals surface area contributed by atoms with Crippen LogP contribution in [0.25, 0.3) is 6.08 Å². The molecule has 0 bridgehead atoms. The standard InChI is InChI=1S/C36H44N4O5Si/c1-35(2,3)40-30(24-23-27-17-9-6-10-18-27)36(31(40)41,46(4)5)25-15-16-26-37-32(38-33(42)44-28-19-11-7-12-20-28)39-34(43)45-29-21-13-8-14-22-29/h6-14,17-24,30,46H,15-16,25-26H2,1-5H3,(H2,37,38,39,42,43). The highest BCUT2D eigenvalue weighted by molar-refractivity contribution is 6.65. The largest absolute Gasteiger partial charge is 0.442 e. The van der Waals surface area contributed by atoms with Crippen molar-refractivity contribution in [3.05, 3.63) is 103 Å². The van der Waals surface area contributed by atoms with E-state index in [0.29, 0.717) is 24.5 Å². The number of hydrogen-bond donors (Lipinski definition) is 2. The zero-order chi connectivity index (χ0) is 33.2. The van der Waals surface area contributed by atoms with E-state index in [-0.39, 0.29) is 23.4 Å². The highest BCUT2D eigenvalue weighted by Gasteiger charge is 2.62. The molecule has 0 saturated carbocycles. The lowest BCUT2D eigenvalue weighted by molar-refractivity contribution is -0.160. The Hall–Kier alpha value is -4.70. The minimum atomic E-state index is -1.47. The smallest absolute Gasteiger partial charge is 0.410 e. The van der Waals surface area contributed by atoms with Crippen molar-refractivity contribution in [3.8, 4) is 11.5 Å². The Balaban J connectivity index is 1.42. The minimum absolute atomic E-state index is 0.0131. The molecule has 242 valence electrons. The molecule has 4 rings (SSSR count). The lowest BCUT2D eigenvalue weighted by Gasteiger charge is -2.62. The normalized spacial score (nSPS) is 18.3. The topological polar surface area (TPSA) is 109 Å². The summed E-state index contributed by atoms with van der Waals surface area (Å²) < 4.78 is 10.6. The first-order valence-corrected chi connectivity index (χ1v) is 18.6. The van der Waals surface area contributed by atoms with Crippen LogP contribution in [0.2, 0.25) is 18.1 Å². The van der Waals surface area contributed by atoms with E-state index in [1.807, 2.05) is 29.2 Å². The number of unbranched alkanes of at least 4 members (excludes halogenated alkanes) is 1. The van der Waals surface area contributed by atoms with Gasteiger partial charge >= 0.3 is 12.2 Å². The third-order valence-corrected chi connectivity index (χ3v) is 11.0. The number of rotatable bonds is 10. The van der Waals surface area contributed by atoms with E-state index in [2.05, 4.69) is 73.8 Å². The highest BCUT2D eigenvalue weighted by atomic mass is 28.3. The molecule has 2 atom stereocenters. The number of guanidine groups is 1. The number of amides is 3. The fraction of sp³-hybridized carbons (Fsp3) is 0.333. The molecular weight excluding hydrogens is 597 g/mol. The van der Waals surface area contributed by atoms with Gasteiger partial charge in [-0.25, -0.2) is 9.59 Å². The number of carbonyl (C=O) groups is 3. The highest BCUT2D eigenvalue weighted by Crippen LogP contribution is 2.55. The quantitative estimate of drug-likeness (QED) is 0.0809. The van der Waals surface area contributed by atoms with E-state index >= 15 is 0 Å². The molecule has 10 heteroatoms. The van der Waals surface area contributed by atoms with E-state index in [1.54, 1.807) is 54.6 Å². The Labute approximate surface area is 273 Å². The Morgan fingerprint density at radius 2 is 1.46 bits per heavy atom. The van der Waals surface area contributed by atoms with Gasteiger partial charge in [-0.15, -0.1) is 4.99 Å². The van der Waals surface area contributed by atoms with Gasteiger partial charge in [-0.2, -0.15) is 0 Å². The van der Waals surface area contributed by atoms with E-state index in [1.165, 1.54) is 0 Å². The molecule has 1 fully saturated rings. The molecule has 1 aliphatic heterocycles. The van der Waals surface area contributed by atoms with Crippen LogP contribution >= 0.6 is 0 Å². The number of carbonyl (C=O) groups excluding carboxylic acids is 3. The Morgan fingerprint density at radius 3 is 2.02 bits per heavy atom. The number of nitrogens with one attached hydrogen (secondary N) is 2. The first-order chi connectivity index (χ1) is 22.0. The minimum Gasteiger partial charge on any atom is -0.410 e. The summed E-state index contributed by atoms with van der Waals surface area (Å²) >= 11 is 0. The maximum Gasteiger partial charge on any atom is 0.442 e. The predicted molar refractivity (Wildman–Crippen MR) is 185 cm³/mol. The zero-order valence-corrected chi connectivity index (χ0v) is 28.4. The van der Waals surface area contributed by atoms with Gasteiger partial charge in [0.25, 0.3) is 0 Å². The van der Waals surface area contributed by atoms with Gasteiger partial charge in [0.15, 0.2) is 0 Å². The van der Waals surface area contributed by atoms with Crippen LogP contribution in [0, 0.1) is 0 Å². The molecule has 0 radical (unpaired) electrons. The van der Waals surface area contributed by atoms with Crippen molar-refractivity contribution >= 4 is 38.9 Å². The Bertz CT molecular complexity index is 1520. The lowest BCUT2D eigenvalue weighted by Crippen LogP contribution is -2.72. The summed E-state index contributed by atoms with van der Waals surface area (Å²) in [4.78, 5) is 45.0. The van der Waals surface area contributed by atoms with Crippen LogP contribution in [0.1, 0.15) is 45.6 Å². The summed E-state index contributed by atoms with van der Waals surface area (Å²) in [5, 5.41) is 5.16. The van der Waals surface area contributed by atoms with E-state index < -0.39 is 26.0 Å². The third-order valence-electron chi connectivity index (χ3n) is 8.08. The van der Waals surface area contributed by atoms with Gasteiger partial charge in [-0.1, -0.05) is 98.4 Å². The van der Waals surface area contributed by atoms with Crippen LogP contribution < -0.4 is 20.1 Å². The van der Waals surface area contributed by atoms with Crippen molar-refractivity contribution in [2.75, 3.05) is 6.54 Å². The number of para-hydroxylation sites is 2. The first kappa shape index (κ1) is 34.2. The maximum atomic E-state index is 13.9. The summed E-state index contributed by atoms with van der Waals surface area (Å²) in [5.41, 5.74) is 0.812. The van der Waals surface area contributed by atoms with Crippen LogP contribution in [0.4, 0.5) is 9.59 Å². The predicted octanol–water partition coefficient (Wildman–Crippen LogP) is 7.04. The first-order valence-electron chi connectivity index (χ1n) is 15.7. The van der Waals surface area contributed by atoms with Gasteiger partial charge in [-0.05, 0) is 63.4 Å². The Morgan fingerprint density at radius 1 is 0.891 bits per heavy atom. The van der Waals surface area contributed by atoms with Crippen molar-refractivity contribution in [1.82, 2.24) is 15.5 Å². The fourth-order valence-electron chi connectivity index (χ4n) is 5.80. The van der Waals surface area contributed by atoms with Crippen LogP contribution in [0.5, 0.6) is 11.5 Å². The molecule has 1 saturated heterocycles. The summed E-state index contributed by atoms with van der Waals surface area (Å²) in [6.45, 7) is 11.2. The van der Waals surface area contributed by atoms with Crippen LogP contribution in [0.15, 0.2) is 102 Å². The number of nitrogens with zero attached hydrogens (tertiary/aromatic N) is 2. The van der Waals surface area contributed by atoms with Crippen molar-refractivity contribution in [2.45, 2.75) is 69.7 Å². The summed E-state index contributed by atoms with van der Waals surface area (Å²) in [7, 11) is -1.47. The molecule has 3 aromatic rings. The molecule has 0 aliphatic carbocycles. The van der Waals surface area contributed by atoms with Crippen molar-refractivity contribution in [2.24, 2.45) is 4.99 Å². The summed E-state index contributed by atoms with van der Waals surface area (Å²) in [6.07, 6.45) is 4.84. The van der Waals surface area contributed by atoms with Crippen molar-refractivity contribution < 1.29 is 23.9 Å². The van der Waals surface area contributed by atoms with E-state index in [0.717, 1.165) is 18.4 Å². The zero-order valence-electron chi connectivity index (χ0n) is 27.2. The molecule has 9 nitrogen and oxygen atoms in total. The average Bonchev–Trinajstić information content (AvgIpc) is 3.01. The van der Waals surface area contributed by atoms with Gasteiger partial charge in [-0.3, -0.25) is 10.1 Å². The molecule has 3 amide bonds. The SMILES string of the molecule is C[SiH](C)C1(CCCCNC(=NC(=O)Oc2ccccc2)NC(=O)Oc2ccccc2)C(=O)N(C(C)(C)C)C1C=Cc1ccccc1. The van der Waals surface area contributed by atoms with Gasteiger partial charge in [0, 0.05) is 12.1 Å². The van der Waals surface area contributed by atoms with Crippen molar-refractivity contribution in [3.63, 3.8) is 0 Å². The molecular formula is C36H44N4O5Si. The van der Waals surface area contributed by atoms with Gasteiger partial charge < -0.3 is 19.7 Å². The van der Waals surface area contributed by atoms with E-state index in [9.17, 15) is 14.4 Å². The van der Waals surface area contributed by atoms with Gasteiger partial charge in [0.05, 0.1) is 19.9 Å². The second kappa shape index (κ2) is 15.5. The van der Waals surface area contributed by atoms with Gasteiger partial charge in [0.2, 0.25) is 11.9 Å². The second-order valence-corrected chi connectivity index (χ2v) is 15.9. The summed E-state index contributed by atoms with van der Waals surface area (Å²) in [5.74, 6) is 0.821. The van der Waals surface area contributed by atoms with Gasteiger partial charge in [0.1, 0.15) is 11.5 Å².